The molecule has 1 aromatic heterocycles. The predicted octanol–water partition coefficient (Wildman–Crippen LogP) is 4.43. The summed E-state index contributed by atoms with van der Waals surface area (Å²) < 4.78 is 5.91. The van der Waals surface area contributed by atoms with Crippen LogP contribution in [0.3, 0.4) is 0 Å². The van der Waals surface area contributed by atoms with E-state index >= 15 is 0 Å². The van der Waals surface area contributed by atoms with E-state index in [2.05, 4.69) is 10.3 Å². The number of nitrogens with one attached hydrogen (secondary N) is 1. The predicted molar refractivity (Wildman–Crippen MR) is 119 cm³/mol. The third-order valence-corrected chi connectivity index (χ3v) is 5.62. The number of hydrogen-bond donors (Lipinski definition) is 1. The average molecular weight is 425 g/mol. The van der Waals surface area contributed by atoms with Crippen LogP contribution in [0.2, 0.25) is 0 Å². The number of amides is 3. The van der Waals surface area contributed by atoms with Crippen molar-refractivity contribution in [2.75, 3.05) is 5.32 Å². The third kappa shape index (κ3) is 3.15. The Kier molecular flexibility index (Phi) is 4.59. The van der Waals surface area contributed by atoms with Crippen LogP contribution >= 0.6 is 0 Å². The molecule has 3 aromatic carbocycles. The molecule has 7 nitrogen and oxygen atoms in total. The van der Waals surface area contributed by atoms with Crippen LogP contribution in [0.4, 0.5) is 5.69 Å². The number of fused-ring (bicyclic) bond motifs is 2. The number of rotatable bonds is 4. The average Bonchev–Trinajstić information content (AvgIpc) is 3.32. The summed E-state index contributed by atoms with van der Waals surface area (Å²) in [5, 5.41) is 2.77. The van der Waals surface area contributed by atoms with E-state index in [9.17, 15) is 14.4 Å². The van der Waals surface area contributed by atoms with Gasteiger partial charge in [-0.2, -0.15) is 0 Å². The number of aryl methyl sites for hydroxylation is 1. The minimum Gasteiger partial charge on any atom is -0.436 e. The molecule has 0 bridgehead atoms. The van der Waals surface area contributed by atoms with Gasteiger partial charge in [0.15, 0.2) is 5.58 Å². The van der Waals surface area contributed by atoms with Gasteiger partial charge in [0.25, 0.3) is 11.8 Å². The molecule has 2 heterocycles. The molecule has 32 heavy (non-hydrogen) atoms. The molecular weight excluding hydrogens is 406 g/mol. The van der Waals surface area contributed by atoms with Crippen LogP contribution in [-0.4, -0.2) is 33.6 Å². The Morgan fingerprint density at radius 3 is 2.22 bits per heavy atom. The number of oxazole rings is 1. The van der Waals surface area contributed by atoms with Gasteiger partial charge < -0.3 is 9.73 Å². The van der Waals surface area contributed by atoms with E-state index in [1.807, 2.05) is 31.2 Å². The van der Waals surface area contributed by atoms with Gasteiger partial charge in [0.05, 0.1) is 11.1 Å². The van der Waals surface area contributed by atoms with Crippen molar-refractivity contribution in [1.29, 1.82) is 0 Å². The Hall–Kier alpha value is -4.26. The zero-order chi connectivity index (χ0) is 22.4. The summed E-state index contributed by atoms with van der Waals surface area (Å²) in [5.41, 5.74) is 4.23. The highest BCUT2D eigenvalue weighted by atomic mass is 16.3. The SMILES string of the molecule is Cc1ccccc1-c1nc2ccc(NC(=O)C(C)N3C(=O)c4ccccc4C3=O)cc2o1. The summed E-state index contributed by atoms with van der Waals surface area (Å²) in [4.78, 5) is 43.7. The van der Waals surface area contributed by atoms with Crippen LogP contribution < -0.4 is 5.32 Å². The van der Waals surface area contributed by atoms with E-state index in [-0.39, 0.29) is 0 Å². The zero-order valence-electron chi connectivity index (χ0n) is 17.5. The summed E-state index contributed by atoms with van der Waals surface area (Å²) in [6, 6.07) is 18.5. The van der Waals surface area contributed by atoms with Crippen molar-refractivity contribution in [3.63, 3.8) is 0 Å². The second-order valence-corrected chi connectivity index (χ2v) is 7.71. The second-order valence-electron chi connectivity index (χ2n) is 7.71. The Labute approximate surface area is 183 Å². The summed E-state index contributed by atoms with van der Waals surface area (Å²) in [5.74, 6) is -0.915. The van der Waals surface area contributed by atoms with Gasteiger partial charge in [-0.25, -0.2) is 4.98 Å². The minimum absolute atomic E-state index is 0.309. The first-order valence-electron chi connectivity index (χ1n) is 10.2. The van der Waals surface area contributed by atoms with E-state index in [1.165, 1.54) is 6.92 Å². The molecule has 3 amide bonds. The molecule has 4 aromatic rings. The number of benzene rings is 3. The monoisotopic (exact) mass is 425 g/mol. The first kappa shape index (κ1) is 19.7. The minimum atomic E-state index is -0.977. The van der Waals surface area contributed by atoms with Crippen molar-refractivity contribution in [1.82, 2.24) is 9.88 Å². The largest absolute Gasteiger partial charge is 0.436 e. The van der Waals surface area contributed by atoms with Crippen molar-refractivity contribution in [2.45, 2.75) is 19.9 Å². The highest BCUT2D eigenvalue weighted by Crippen LogP contribution is 2.29. The summed E-state index contributed by atoms with van der Waals surface area (Å²) in [6.07, 6.45) is 0. The molecule has 158 valence electrons. The Morgan fingerprint density at radius 1 is 0.938 bits per heavy atom. The van der Waals surface area contributed by atoms with Crippen LogP contribution in [0, 0.1) is 6.92 Å². The zero-order valence-corrected chi connectivity index (χ0v) is 17.5. The third-order valence-electron chi connectivity index (χ3n) is 5.62. The van der Waals surface area contributed by atoms with Crippen molar-refractivity contribution < 1.29 is 18.8 Å². The molecule has 5 rings (SSSR count). The second kappa shape index (κ2) is 7.46. The van der Waals surface area contributed by atoms with Gasteiger partial charge in [-0.1, -0.05) is 30.3 Å². The number of carbonyl (C=O) groups is 3. The van der Waals surface area contributed by atoms with Gasteiger partial charge in [0.1, 0.15) is 11.6 Å². The van der Waals surface area contributed by atoms with E-state index in [0.717, 1.165) is 16.0 Å². The first-order chi connectivity index (χ1) is 15.4. The van der Waals surface area contributed by atoms with Crippen LogP contribution in [0.1, 0.15) is 33.2 Å². The van der Waals surface area contributed by atoms with Crippen molar-refractivity contribution in [3.8, 4) is 11.5 Å². The van der Waals surface area contributed by atoms with Gasteiger partial charge in [-0.05, 0) is 49.7 Å². The van der Waals surface area contributed by atoms with E-state index < -0.39 is 23.8 Å². The first-order valence-corrected chi connectivity index (χ1v) is 10.2. The molecule has 1 aliphatic heterocycles. The molecule has 0 fully saturated rings. The standard InChI is InChI=1S/C25H19N3O4/c1-14-7-3-4-8-17(14)23-27-20-12-11-16(13-21(20)32-23)26-22(29)15(2)28-24(30)18-9-5-6-10-19(18)25(28)31/h3-13,15H,1-2H3,(H,26,29). The van der Waals surface area contributed by atoms with Crippen LogP contribution in [0.5, 0.6) is 0 Å². The molecule has 0 saturated carbocycles. The maximum absolute atomic E-state index is 12.8. The number of carbonyl (C=O) groups excluding carboxylic acids is 3. The quantitative estimate of drug-likeness (QED) is 0.489. The normalized spacial score (nSPS) is 14.0. The van der Waals surface area contributed by atoms with Crippen molar-refractivity contribution in [2.24, 2.45) is 0 Å². The lowest BCUT2D eigenvalue weighted by atomic mass is 10.1. The molecule has 1 unspecified atom stereocenters. The van der Waals surface area contributed by atoms with E-state index in [4.69, 9.17) is 4.42 Å². The summed E-state index contributed by atoms with van der Waals surface area (Å²) in [7, 11) is 0. The number of imide groups is 1. The molecular formula is C25H19N3O4. The molecule has 1 atom stereocenters. The van der Waals surface area contributed by atoms with Gasteiger partial charge in [0, 0.05) is 17.3 Å². The fourth-order valence-corrected chi connectivity index (χ4v) is 3.85. The molecule has 0 spiro atoms. The Morgan fingerprint density at radius 2 is 1.56 bits per heavy atom. The molecule has 0 radical (unpaired) electrons. The lowest BCUT2D eigenvalue weighted by Gasteiger charge is -2.21. The number of aromatic nitrogens is 1. The summed E-state index contributed by atoms with van der Waals surface area (Å²) >= 11 is 0. The fraction of sp³-hybridized carbons (Fsp3) is 0.120. The van der Waals surface area contributed by atoms with E-state index in [1.54, 1.807) is 42.5 Å². The molecule has 1 N–H and O–H groups in total. The van der Waals surface area contributed by atoms with Crippen molar-refractivity contribution in [3.05, 3.63) is 83.4 Å². The maximum Gasteiger partial charge on any atom is 0.262 e. The highest BCUT2D eigenvalue weighted by Gasteiger charge is 2.40. The van der Waals surface area contributed by atoms with Gasteiger partial charge in [0.2, 0.25) is 11.8 Å². The lowest BCUT2D eigenvalue weighted by molar-refractivity contribution is -0.119. The van der Waals surface area contributed by atoms with E-state index in [0.29, 0.717) is 33.8 Å². The molecule has 0 saturated heterocycles. The fourth-order valence-electron chi connectivity index (χ4n) is 3.85. The van der Waals surface area contributed by atoms with Crippen LogP contribution in [0.25, 0.3) is 22.6 Å². The topological polar surface area (TPSA) is 92.5 Å². The smallest absolute Gasteiger partial charge is 0.262 e. The Bertz CT molecular complexity index is 1370. The molecule has 1 aliphatic rings. The van der Waals surface area contributed by atoms with Crippen molar-refractivity contribution >= 4 is 34.5 Å². The Balaban J connectivity index is 1.37. The lowest BCUT2D eigenvalue weighted by Crippen LogP contribution is -2.45. The van der Waals surface area contributed by atoms with Gasteiger partial charge in [-0.15, -0.1) is 0 Å². The highest BCUT2D eigenvalue weighted by molar-refractivity contribution is 6.23. The van der Waals surface area contributed by atoms with Crippen LogP contribution in [0.15, 0.2) is 71.1 Å². The molecule has 7 heteroatoms. The molecule has 0 aliphatic carbocycles. The van der Waals surface area contributed by atoms with Gasteiger partial charge in [-0.3, -0.25) is 19.3 Å². The number of nitrogens with zero attached hydrogens (tertiary/aromatic N) is 2. The van der Waals surface area contributed by atoms with Gasteiger partial charge >= 0.3 is 0 Å². The summed E-state index contributed by atoms with van der Waals surface area (Å²) in [6.45, 7) is 3.51. The number of hydrogen-bond acceptors (Lipinski definition) is 5. The van der Waals surface area contributed by atoms with Crippen LogP contribution in [-0.2, 0) is 4.79 Å². The number of anilines is 1. The maximum atomic E-state index is 12.8.